The average Bonchev–Trinajstić information content (AvgIpc) is 3.95. The van der Waals surface area contributed by atoms with Crippen molar-refractivity contribution in [2.24, 2.45) is 5.73 Å². The fourth-order valence-electron chi connectivity index (χ4n) is 4.16. The fourth-order valence-corrected chi connectivity index (χ4v) is 5.15. The van der Waals surface area contributed by atoms with E-state index in [-0.39, 0.29) is 22.4 Å². The second-order valence-corrected chi connectivity index (χ2v) is 12.4. The number of benzene rings is 2. The van der Waals surface area contributed by atoms with Gasteiger partial charge in [-0.3, -0.25) is 25.0 Å². The van der Waals surface area contributed by atoms with E-state index in [9.17, 15) is 29.8 Å². The number of anilines is 1. The molecule has 2 aliphatic rings. The fraction of sp³-hybridized carbons (Fsp3) is 0.286. The first-order valence-corrected chi connectivity index (χ1v) is 15.1. The van der Waals surface area contributed by atoms with Gasteiger partial charge in [0.15, 0.2) is 0 Å². The molecule has 45 heavy (non-hydrogen) atoms. The number of rotatable bonds is 6. The number of methoxy groups -OCH3 is 2. The van der Waals surface area contributed by atoms with Crippen molar-refractivity contribution in [3.05, 3.63) is 83.0 Å². The lowest BCUT2D eigenvalue weighted by Gasteiger charge is -2.17. The maximum absolute atomic E-state index is 11.9. The summed E-state index contributed by atoms with van der Waals surface area (Å²) in [5, 5.41) is 26.2. The van der Waals surface area contributed by atoms with E-state index < -0.39 is 26.9 Å². The number of esters is 2. The molecule has 0 radical (unpaired) electrons. The summed E-state index contributed by atoms with van der Waals surface area (Å²) in [5.74, 6) is -0.695. The van der Waals surface area contributed by atoms with Gasteiger partial charge < -0.3 is 20.5 Å². The molecular formula is C28H25Br2ClN6O8. The van der Waals surface area contributed by atoms with Crippen molar-refractivity contribution in [3.63, 3.8) is 0 Å². The van der Waals surface area contributed by atoms with Gasteiger partial charge in [0, 0.05) is 19.7 Å². The number of nitrogens with one attached hydrogen (secondary N) is 1. The predicted molar refractivity (Wildman–Crippen MR) is 173 cm³/mol. The van der Waals surface area contributed by atoms with E-state index in [2.05, 4.69) is 51.9 Å². The van der Waals surface area contributed by atoms with Crippen LogP contribution in [0.25, 0.3) is 21.8 Å². The first kappa shape index (κ1) is 33.9. The molecule has 0 amide bonds. The molecule has 4 aromatic rings. The minimum Gasteiger partial charge on any atom is -0.468 e. The lowest BCUT2D eigenvalue weighted by Crippen LogP contribution is -2.33. The molecule has 17 heteroatoms. The predicted octanol–water partition coefficient (Wildman–Crippen LogP) is 6.23. The second kappa shape index (κ2) is 13.6. The first-order chi connectivity index (χ1) is 21.2. The van der Waals surface area contributed by atoms with Crippen molar-refractivity contribution in [1.29, 1.82) is 0 Å². The van der Waals surface area contributed by atoms with Crippen molar-refractivity contribution in [1.82, 2.24) is 9.97 Å². The minimum atomic E-state index is -0.879. The zero-order chi connectivity index (χ0) is 33.1. The Balaban J connectivity index is 0.000000172. The van der Waals surface area contributed by atoms with Crippen LogP contribution in [0.4, 0.5) is 17.1 Å². The molecule has 14 nitrogen and oxygen atoms in total. The molecule has 2 aromatic carbocycles. The van der Waals surface area contributed by atoms with Crippen LogP contribution in [0.3, 0.4) is 0 Å². The number of nitrogens with two attached hydrogens (primary N) is 1. The molecule has 236 valence electrons. The summed E-state index contributed by atoms with van der Waals surface area (Å²) in [6, 6.07) is 10.6. The van der Waals surface area contributed by atoms with Gasteiger partial charge in [-0.25, -0.2) is 14.8 Å². The van der Waals surface area contributed by atoms with Crippen LogP contribution < -0.4 is 11.1 Å². The summed E-state index contributed by atoms with van der Waals surface area (Å²) in [6.07, 6.45) is 5.08. The van der Waals surface area contributed by atoms with Crippen LogP contribution in [0.2, 0.25) is 5.02 Å². The Kier molecular flexibility index (Phi) is 10.2. The maximum atomic E-state index is 11.9. The third-order valence-corrected chi connectivity index (χ3v) is 8.40. The Morgan fingerprint density at radius 1 is 0.867 bits per heavy atom. The van der Waals surface area contributed by atoms with Gasteiger partial charge in [-0.1, -0.05) is 43.5 Å². The van der Waals surface area contributed by atoms with Gasteiger partial charge in [-0.15, -0.1) is 0 Å². The van der Waals surface area contributed by atoms with E-state index in [1.54, 1.807) is 36.4 Å². The van der Waals surface area contributed by atoms with Gasteiger partial charge in [0.1, 0.15) is 34.2 Å². The third kappa shape index (κ3) is 7.64. The van der Waals surface area contributed by atoms with Crippen molar-refractivity contribution in [2.75, 3.05) is 19.5 Å². The minimum absolute atomic E-state index is 0.117. The Morgan fingerprint density at radius 3 is 1.80 bits per heavy atom. The quantitative estimate of drug-likeness (QED) is 0.127. The van der Waals surface area contributed by atoms with E-state index >= 15 is 0 Å². The Bertz CT molecular complexity index is 1830. The van der Waals surface area contributed by atoms with Crippen LogP contribution in [0.15, 0.2) is 57.7 Å². The van der Waals surface area contributed by atoms with Gasteiger partial charge in [0.2, 0.25) is 0 Å². The molecule has 0 saturated heterocycles. The van der Waals surface area contributed by atoms with E-state index in [0.717, 1.165) is 21.8 Å². The summed E-state index contributed by atoms with van der Waals surface area (Å²) in [7, 11) is 2.66. The number of hydrogen-bond acceptors (Lipinski definition) is 12. The number of fused-ring (bicyclic) bond motifs is 2. The van der Waals surface area contributed by atoms with E-state index in [1.165, 1.54) is 26.6 Å². The Labute approximate surface area is 277 Å². The van der Waals surface area contributed by atoms with Gasteiger partial charge in [-0.05, 0) is 62.1 Å². The summed E-state index contributed by atoms with van der Waals surface area (Å²) in [6.45, 7) is 0. The molecule has 0 bridgehead atoms. The van der Waals surface area contributed by atoms with Gasteiger partial charge >= 0.3 is 23.3 Å². The van der Waals surface area contributed by atoms with Crippen LogP contribution >= 0.6 is 43.5 Å². The van der Waals surface area contributed by atoms with Crippen molar-refractivity contribution < 1.29 is 28.9 Å². The number of pyridine rings is 2. The lowest BCUT2D eigenvalue weighted by molar-refractivity contribution is -0.384. The molecule has 2 fully saturated rings. The summed E-state index contributed by atoms with van der Waals surface area (Å²) in [4.78, 5) is 51.4. The molecule has 0 atom stereocenters. The highest BCUT2D eigenvalue weighted by Crippen LogP contribution is 2.44. The maximum Gasteiger partial charge on any atom is 0.331 e. The van der Waals surface area contributed by atoms with Crippen LogP contribution in [0.5, 0.6) is 0 Å². The third-order valence-electron chi connectivity index (χ3n) is 7.02. The summed E-state index contributed by atoms with van der Waals surface area (Å²) >= 11 is 12.5. The van der Waals surface area contributed by atoms with Gasteiger partial charge in [0.05, 0.1) is 35.1 Å². The topological polar surface area (TPSA) is 203 Å². The number of nitrogens with zero attached hydrogens (tertiary/aromatic N) is 4. The number of nitro groups is 2. The summed E-state index contributed by atoms with van der Waals surface area (Å²) < 4.78 is 10.8. The molecule has 2 heterocycles. The van der Waals surface area contributed by atoms with E-state index in [1.807, 2.05) is 0 Å². The van der Waals surface area contributed by atoms with Crippen LogP contribution in [-0.2, 0) is 19.1 Å². The first-order valence-electron chi connectivity index (χ1n) is 13.1. The number of carbonyl (C=O) groups excluding carboxylic acids is 2. The smallest absolute Gasteiger partial charge is 0.331 e. The van der Waals surface area contributed by atoms with Crippen molar-refractivity contribution in [2.45, 2.75) is 36.8 Å². The molecular weight excluding hydrogens is 744 g/mol. The number of aromatic nitrogens is 2. The largest absolute Gasteiger partial charge is 0.468 e. The monoisotopic (exact) mass is 766 g/mol. The number of carbonyl (C=O) groups is 2. The van der Waals surface area contributed by atoms with Crippen LogP contribution in [0.1, 0.15) is 25.7 Å². The molecule has 6 rings (SSSR count). The molecule has 2 aliphatic carbocycles. The van der Waals surface area contributed by atoms with Gasteiger partial charge in [0.25, 0.3) is 0 Å². The standard InChI is InChI=1S/C14H12BrN3O4.C9H4BrClN2O2.C5H9NO2/c1-22-13(19)14(4-5-14)17-12-9-6-8(15)2-3-10(9)16-7-11(12)18(20)21;10-5-1-2-7-6(3-5)9(11)8(4-12-7)13(14)15;1-8-4(7)5(6)2-3-5/h2-3,6-7H,4-5H2,1H3,(H,16,17);1-4H;2-3,6H2,1H3. The van der Waals surface area contributed by atoms with Crippen molar-refractivity contribution in [3.8, 4) is 0 Å². The molecule has 0 aliphatic heterocycles. The number of hydrogen-bond donors (Lipinski definition) is 2. The number of ether oxygens (including phenoxy) is 2. The second-order valence-electron chi connectivity index (χ2n) is 10.2. The molecule has 0 unspecified atom stereocenters. The zero-order valence-electron chi connectivity index (χ0n) is 23.7. The normalized spacial score (nSPS) is 15.0. The summed E-state index contributed by atoms with van der Waals surface area (Å²) in [5.41, 5.74) is 5.13. The Hall–Kier alpha value is -3.99. The molecule has 3 N–H and O–H groups in total. The highest BCUT2D eigenvalue weighted by Gasteiger charge is 2.52. The number of halogens is 3. The van der Waals surface area contributed by atoms with E-state index in [4.69, 9.17) is 22.1 Å². The van der Waals surface area contributed by atoms with Crippen LogP contribution in [0, 0.1) is 20.2 Å². The SMILES string of the molecule is COC(=O)C1(N)CC1.COC(=O)C1(Nc2c([N+](=O)[O-])cnc3ccc(Br)cc23)CC1.O=[N+]([O-])c1cnc2ccc(Br)cc2c1Cl. The Morgan fingerprint density at radius 2 is 1.36 bits per heavy atom. The van der Waals surface area contributed by atoms with Crippen LogP contribution in [-0.4, -0.2) is 57.1 Å². The van der Waals surface area contributed by atoms with Crippen molar-refractivity contribution >= 4 is 94.3 Å². The zero-order valence-corrected chi connectivity index (χ0v) is 27.6. The molecule has 0 spiro atoms. The molecule has 2 aromatic heterocycles. The highest BCUT2D eigenvalue weighted by molar-refractivity contribution is 9.10. The van der Waals surface area contributed by atoms with Gasteiger partial charge in [-0.2, -0.15) is 0 Å². The highest BCUT2D eigenvalue weighted by atomic mass is 79.9. The average molecular weight is 769 g/mol. The lowest BCUT2D eigenvalue weighted by atomic mass is 10.1. The van der Waals surface area contributed by atoms with E-state index in [0.29, 0.717) is 40.3 Å². The molecule has 2 saturated carbocycles.